The van der Waals surface area contributed by atoms with Crippen LogP contribution >= 0.6 is 0 Å². The van der Waals surface area contributed by atoms with E-state index >= 15 is 0 Å². The maximum Gasteiger partial charge on any atom is 0.224 e. The molecule has 2 rings (SSSR count). The molecule has 4 heteroatoms. The number of likely N-dealkylation sites (N-methyl/N-ethyl adjacent to an activating group) is 1. The second-order valence-electron chi connectivity index (χ2n) is 4.30. The second kappa shape index (κ2) is 5.19. The smallest absolute Gasteiger partial charge is 0.224 e. The summed E-state index contributed by atoms with van der Waals surface area (Å²) in [5, 5.41) is 3.39. The molecular formula is C13H18N2O2. The third kappa shape index (κ3) is 2.77. The maximum absolute atomic E-state index is 11.8. The van der Waals surface area contributed by atoms with Crippen molar-refractivity contribution in [3.63, 3.8) is 0 Å². The van der Waals surface area contributed by atoms with Crippen molar-refractivity contribution in [2.75, 3.05) is 27.2 Å². The van der Waals surface area contributed by atoms with Crippen LogP contribution in [-0.4, -0.2) is 38.1 Å². The van der Waals surface area contributed by atoms with Gasteiger partial charge in [-0.25, -0.2) is 0 Å². The van der Waals surface area contributed by atoms with Gasteiger partial charge in [0.1, 0.15) is 5.75 Å². The Morgan fingerprint density at radius 3 is 2.71 bits per heavy atom. The lowest BCUT2D eigenvalue weighted by Gasteiger charge is -2.15. The SMILES string of the molecule is COc1ccc(C2CC(=O)N(C)CCN2)cc1. The van der Waals surface area contributed by atoms with E-state index in [9.17, 15) is 4.79 Å². The van der Waals surface area contributed by atoms with E-state index < -0.39 is 0 Å². The Labute approximate surface area is 102 Å². The summed E-state index contributed by atoms with van der Waals surface area (Å²) in [5.74, 6) is 1.03. The molecule has 1 atom stereocenters. The normalized spacial score (nSPS) is 21.2. The van der Waals surface area contributed by atoms with Crippen molar-refractivity contribution in [3.05, 3.63) is 29.8 Å². The van der Waals surface area contributed by atoms with E-state index in [2.05, 4.69) is 5.32 Å². The van der Waals surface area contributed by atoms with Crippen LogP contribution in [0, 0.1) is 0 Å². The second-order valence-corrected chi connectivity index (χ2v) is 4.30. The van der Waals surface area contributed by atoms with E-state index in [1.54, 1.807) is 12.0 Å². The minimum absolute atomic E-state index is 0.110. The lowest BCUT2D eigenvalue weighted by atomic mass is 10.0. The molecular weight excluding hydrogens is 216 g/mol. The number of ether oxygens (including phenoxy) is 1. The summed E-state index contributed by atoms with van der Waals surface area (Å²) in [4.78, 5) is 13.6. The van der Waals surface area contributed by atoms with Crippen molar-refractivity contribution in [2.45, 2.75) is 12.5 Å². The number of nitrogens with zero attached hydrogens (tertiary/aromatic N) is 1. The van der Waals surface area contributed by atoms with Crippen LogP contribution in [0.3, 0.4) is 0 Å². The number of nitrogens with one attached hydrogen (secondary N) is 1. The fourth-order valence-corrected chi connectivity index (χ4v) is 2.01. The lowest BCUT2D eigenvalue weighted by Crippen LogP contribution is -2.27. The first-order chi connectivity index (χ1) is 8.20. The van der Waals surface area contributed by atoms with E-state index in [4.69, 9.17) is 4.74 Å². The Morgan fingerprint density at radius 1 is 1.35 bits per heavy atom. The highest BCUT2D eigenvalue weighted by Gasteiger charge is 2.21. The lowest BCUT2D eigenvalue weighted by molar-refractivity contribution is -0.129. The third-order valence-corrected chi connectivity index (χ3v) is 3.16. The van der Waals surface area contributed by atoms with Crippen LogP contribution in [0.2, 0.25) is 0 Å². The molecule has 1 heterocycles. The minimum atomic E-state index is 0.110. The van der Waals surface area contributed by atoms with Gasteiger partial charge in [0.15, 0.2) is 0 Å². The topological polar surface area (TPSA) is 41.6 Å². The van der Waals surface area contributed by atoms with Crippen LogP contribution < -0.4 is 10.1 Å². The first-order valence-electron chi connectivity index (χ1n) is 5.82. The number of hydrogen-bond donors (Lipinski definition) is 1. The quantitative estimate of drug-likeness (QED) is 0.835. The molecule has 17 heavy (non-hydrogen) atoms. The Balaban J connectivity index is 2.12. The number of methoxy groups -OCH3 is 1. The summed E-state index contributed by atoms with van der Waals surface area (Å²) in [6.45, 7) is 1.60. The van der Waals surface area contributed by atoms with Crippen molar-refractivity contribution in [1.29, 1.82) is 0 Å². The highest BCUT2D eigenvalue weighted by atomic mass is 16.5. The van der Waals surface area contributed by atoms with Crippen molar-refractivity contribution in [1.82, 2.24) is 10.2 Å². The third-order valence-electron chi connectivity index (χ3n) is 3.16. The van der Waals surface area contributed by atoms with Crippen molar-refractivity contribution < 1.29 is 9.53 Å². The summed E-state index contributed by atoms with van der Waals surface area (Å²) in [6.07, 6.45) is 0.517. The maximum atomic E-state index is 11.8. The largest absolute Gasteiger partial charge is 0.497 e. The first kappa shape index (κ1) is 11.9. The fourth-order valence-electron chi connectivity index (χ4n) is 2.01. The Morgan fingerprint density at radius 2 is 2.06 bits per heavy atom. The molecule has 0 saturated carbocycles. The number of rotatable bonds is 2. The molecule has 1 aromatic rings. The molecule has 1 aliphatic rings. The van der Waals surface area contributed by atoms with Gasteiger partial charge in [-0.05, 0) is 17.7 Å². The van der Waals surface area contributed by atoms with Gasteiger partial charge in [0.2, 0.25) is 5.91 Å². The molecule has 1 N–H and O–H groups in total. The monoisotopic (exact) mass is 234 g/mol. The minimum Gasteiger partial charge on any atom is -0.497 e. The molecule has 92 valence electrons. The summed E-state index contributed by atoms with van der Waals surface area (Å²) < 4.78 is 5.12. The summed E-state index contributed by atoms with van der Waals surface area (Å²) in [7, 11) is 3.50. The molecule has 1 aliphatic heterocycles. The zero-order chi connectivity index (χ0) is 12.3. The molecule has 0 spiro atoms. The predicted molar refractivity (Wildman–Crippen MR) is 66.0 cm³/mol. The highest BCUT2D eigenvalue weighted by Crippen LogP contribution is 2.22. The van der Waals surface area contributed by atoms with Gasteiger partial charge in [0.25, 0.3) is 0 Å². The Kier molecular flexibility index (Phi) is 3.64. The molecule has 1 aromatic carbocycles. The summed E-state index contributed by atoms with van der Waals surface area (Å²) in [6, 6.07) is 7.98. The number of amides is 1. The zero-order valence-electron chi connectivity index (χ0n) is 10.3. The van der Waals surface area contributed by atoms with Gasteiger partial charge in [-0.3, -0.25) is 4.79 Å². The Bertz CT molecular complexity index is 389. The molecule has 0 radical (unpaired) electrons. The zero-order valence-corrected chi connectivity index (χ0v) is 10.3. The molecule has 0 bridgehead atoms. The van der Waals surface area contributed by atoms with Crippen molar-refractivity contribution >= 4 is 5.91 Å². The molecule has 1 amide bonds. The first-order valence-corrected chi connectivity index (χ1v) is 5.82. The van der Waals surface area contributed by atoms with Gasteiger partial charge in [0.05, 0.1) is 7.11 Å². The number of carbonyl (C=O) groups is 1. The van der Waals surface area contributed by atoms with Crippen LogP contribution in [0.25, 0.3) is 0 Å². The molecule has 1 saturated heterocycles. The van der Waals surface area contributed by atoms with Gasteiger partial charge in [-0.15, -0.1) is 0 Å². The summed E-state index contributed by atoms with van der Waals surface area (Å²) >= 11 is 0. The molecule has 0 aliphatic carbocycles. The van der Waals surface area contributed by atoms with E-state index in [0.717, 1.165) is 24.4 Å². The van der Waals surface area contributed by atoms with Crippen LogP contribution in [0.5, 0.6) is 5.75 Å². The average Bonchev–Trinajstić information content (AvgIpc) is 2.52. The van der Waals surface area contributed by atoms with Crippen LogP contribution in [0.4, 0.5) is 0 Å². The van der Waals surface area contributed by atoms with Crippen molar-refractivity contribution in [2.24, 2.45) is 0 Å². The van der Waals surface area contributed by atoms with Gasteiger partial charge >= 0.3 is 0 Å². The van der Waals surface area contributed by atoms with E-state index in [0.29, 0.717) is 6.42 Å². The van der Waals surface area contributed by atoms with Gasteiger partial charge in [-0.2, -0.15) is 0 Å². The van der Waals surface area contributed by atoms with E-state index in [-0.39, 0.29) is 11.9 Å². The Hall–Kier alpha value is -1.55. The van der Waals surface area contributed by atoms with Crippen LogP contribution in [0.1, 0.15) is 18.0 Å². The average molecular weight is 234 g/mol. The highest BCUT2D eigenvalue weighted by molar-refractivity contribution is 5.77. The number of hydrogen-bond acceptors (Lipinski definition) is 3. The van der Waals surface area contributed by atoms with Gasteiger partial charge in [0, 0.05) is 32.6 Å². The van der Waals surface area contributed by atoms with Gasteiger partial charge in [-0.1, -0.05) is 12.1 Å². The van der Waals surface area contributed by atoms with Crippen LogP contribution in [0.15, 0.2) is 24.3 Å². The standard InChI is InChI=1S/C13H18N2O2/c1-15-8-7-14-12(9-13(15)16)10-3-5-11(17-2)6-4-10/h3-6,12,14H,7-9H2,1-2H3. The molecule has 1 unspecified atom stereocenters. The van der Waals surface area contributed by atoms with E-state index in [1.807, 2.05) is 31.3 Å². The fraction of sp³-hybridized carbons (Fsp3) is 0.462. The molecule has 1 fully saturated rings. The van der Waals surface area contributed by atoms with Gasteiger partial charge < -0.3 is 15.0 Å². The van der Waals surface area contributed by atoms with E-state index in [1.165, 1.54) is 0 Å². The molecule has 0 aromatic heterocycles. The van der Waals surface area contributed by atoms with Crippen LogP contribution in [-0.2, 0) is 4.79 Å². The number of benzene rings is 1. The van der Waals surface area contributed by atoms with Crippen molar-refractivity contribution in [3.8, 4) is 5.75 Å². The molecule has 4 nitrogen and oxygen atoms in total. The summed E-state index contributed by atoms with van der Waals surface area (Å²) in [5.41, 5.74) is 1.13. The number of carbonyl (C=O) groups excluding carboxylic acids is 1. The predicted octanol–water partition coefficient (Wildman–Crippen LogP) is 1.19.